The molecule has 0 unspecified atom stereocenters. The molecule has 2 aromatic carbocycles. The number of carbonyl (C=O) groups is 2. The van der Waals surface area contributed by atoms with Crippen molar-refractivity contribution in [2.45, 2.75) is 52.4 Å². The van der Waals surface area contributed by atoms with E-state index in [1.165, 1.54) is 18.4 Å². The number of rotatable bonds is 11. The van der Waals surface area contributed by atoms with Crippen molar-refractivity contribution < 1.29 is 19.1 Å². The number of hydrogen-bond donors (Lipinski definition) is 2. The fourth-order valence-corrected chi connectivity index (χ4v) is 3.85. The highest BCUT2D eigenvalue weighted by Gasteiger charge is 2.12. The zero-order valence-corrected chi connectivity index (χ0v) is 21.8. The van der Waals surface area contributed by atoms with E-state index in [4.69, 9.17) is 9.47 Å². The van der Waals surface area contributed by atoms with Crippen LogP contribution in [0.5, 0.6) is 11.5 Å². The number of ether oxygens (including phenoxy) is 2. The van der Waals surface area contributed by atoms with E-state index in [1.807, 2.05) is 18.2 Å². The minimum absolute atomic E-state index is 0.228. The van der Waals surface area contributed by atoms with Crippen molar-refractivity contribution >= 4 is 43.7 Å². The normalized spacial score (nSPS) is 10.7. The molecule has 32 heavy (non-hydrogen) atoms. The minimum atomic E-state index is -0.468. The summed E-state index contributed by atoms with van der Waals surface area (Å²) < 4.78 is 12.7. The first-order valence-corrected chi connectivity index (χ1v) is 12.3. The summed E-state index contributed by atoms with van der Waals surface area (Å²) in [6, 6.07) is 10.8. The summed E-state index contributed by atoms with van der Waals surface area (Å²) in [6.07, 6.45) is 4.51. The van der Waals surface area contributed by atoms with Gasteiger partial charge in [-0.25, -0.2) is 0 Å². The Kier molecular flexibility index (Phi) is 11.0. The molecule has 174 valence electrons. The molecule has 0 spiro atoms. The minimum Gasteiger partial charge on any atom is -0.492 e. The van der Waals surface area contributed by atoms with Gasteiger partial charge in [0.25, 0.3) is 11.8 Å². The van der Waals surface area contributed by atoms with E-state index in [0.717, 1.165) is 17.3 Å². The summed E-state index contributed by atoms with van der Waals surface area (Å²) in [5, 5.41) is 0. The van der Waals surface area contributed by atoms with Crippen LogP contribution in [-0.2, 0) is 4.79 Å². The Bertz CT molecular complexity index is 919. The molecule has 0 fully saturated rings. The van der Waals surface area contributed by atoms with E-state index in [1.54, 1.807) is 18.2 Å². The first-order chi connectivity index (χ1) is 15.3. The summed E-state index contributed by atoms with van der Waals surface area (Å²) in [6.45, 7) is 6.78. The number of unbranched alkanes of at least 4 members (excludes halogenated alkanes) is 3. The van der Waals surface area contributed by atoms with Gasteiger partial charge in [-0.15, -0.1) is 0 Å². The Morgan fingerprint density at radius 2 is 1.59 bits per heavy atom. The van der Waals surface area contributed by atoms with Gasteiger partial charge in [0.05, 0.1) is 15.6 Å². The predicted molar refractivity (Wildman–Crippen MR) is 133 cm³/mol. The van der Waals surface area contributed by atoms with Crippen molar-refractivity contribution in [2.75, 3.05) is 13.2 Å². The van der Waals surface area contributed by atoms with Crippen LogP contribution in [0.1, 0.15) is 68.3 Å². The highest BCUT2D eigenvalue weighted by atomic mass is 79.9. The molecule has 0 saturated carbocycles. The first-order valence-electron chi connectivity index (χ1n) is 10.8. The zero-order valence-electron chi connectivity index (χ0n) is 18.7. The molecule has 2 rings (SSSR count). The van der Waals surface area contributed by atoms with Gasteiger partial charge in [-0.3, -0.25) is 20.4 Å². The summed E-state index contributed by atoms with van der Waals surface area (Å²) in [7, 11) is 0. The van der Waals surface area contributed by atoms with Gasteiger partial charge in [0, 0.05) is 5.56 Å². The molecule has 0 aliphatic heterocycles. The molecule has 0 aliphatic rings. The van der Waals surface area contributed by atoms with Crippen molar-refractivity contribution in [1.29, 1.82) is 0 Å². The van der Waals surface area contributed by atoms with Crippen molar-refractivity contribution in [3.63, 3.8) is 0 Å². The molecule has 0 atom stereocenters. The summed E-state index contributed by atoms with van der Waals surface area (Å²) in [5.41, 5.74) is 6.32. The number of hydrogen-bond acceptors (Lipinski definition) is 4. The average Bonchev–Trinajstić information content (AvgIpc) is 2.77. The topological polar surface area (TPSA) is 76.7 Å². The van der Waals surface area contributed by atoms with Gasteiger partial charge in [-0.05, 0) is 80.1 Å². The van der Waals surface area contributed by atoms with E-state index in [0.29, 0.717) is 34.1 Å². The Labute approximate surface area is 206 Å². The third-order valence-electron chi connectivity index (χ3n) is 4.75. The Balaban J connectivity index is 1.79. The van der Waals surface area contributed by atoms with Crippen LogP contribution < -0.4 is 20.3 Å². The van der Waals surface area contributed by atoms with Crippen molar-refractivity contribution in [2.24, 2.45) is 0 Å². The van der Waals surface area contributed by atoms with Gasteiger partial charge < -0.3 is 9.47 Å². The van der Waals surface area contributed by atoms with E-state index in [2.05, 4.69) is 63.5 Å². The van der Waals surface area contributed by atoms with Crippen LogP contribution in [0.25, 0.3) is 0 Å². The molecule has 2 aromatic rings. The summed E-state index contributed by atoms with van der Waals surface area (Å²) >= 11 is 6.89. The maximum Gasteiger partial charge on any atom is 0.276 e. The smallest absolute Gasteiger partial charge is 0.276 e. The lowest BCUT2D eigenvalue weighted by Gasteiger charge is -2.12. The maximum atomic E-state index is 12.3. The second-order valence-electron chi connectivity index (χ2n) is 7.69. The highest BCUT2D eigenvalue weighted by molar-refractivity contribution is 9.10. The van der Waals surface area contributed by atoms with Crippen LogP contribution in [0.4, 0.5) is 0 Å². The quantitative estimate of drug-likeness (QED) is 0.252. The molecule has 0 heterocycles. The van der Waals surface area contributed by atoms with Gasteiger partial charge in [-0.1, -0.05) is 46.1 Å². The summed E-state index contributed by atoms with van der Waals surface area (Å²) in [4.78, 5) is 24.4. The van der Waals surface area contributed by atoms with Crippen molar-refractivity contribution in [1.82, 2.24) is 10.9 Å². The van der Waals surface area contributed by atoms with Gasteiger partial charge in [0.15, 0.2) is 6.61 Å². The van der Waals surface area contributed by atoms with Crippen LogP contribution in [0.15, 0.2) is 45.3 Å². The fraction of sp³-hybridized carbons (Fsp3) is 0.417. The largest absolute Gasteiger partial charge is 0.492 e. The lowest BCUT2D eigenvalue weighted by Crippen LogP contribution is -2.43. The van der Waals surface area contributed by atoms with Gasteiger partial charge in [0.2, 0.25) is 0 Å². The van der Waals surface area contributed by atoms with Gasteiger partial charge in [-0.2, -0.15) is 0 Å². The summed E-state index contributed by atoms with van der Waals surface area (Å²) in [5.74, 6) is 0.736. The number of carbonyl (C=O) groups excluding carboxylic acids is 2. The van der Waals surface area contributed by atoms with E-state index in [9.17, 15) is 9.59 Å². The standard InChI is InChI=1S/C24H30Br2N2O4/c1-4-5-6-7-12-31-21-11-9-18(14-20(21)26)24(30)28-27-23(29)15-32-22-10-8-17(16(2)3)13-19(22)25/h8-11,13-14,16H,4-7,12,15H2,1-3H3,(H,27,29)(H,28,30). The third kappa shape index (κ3) is 8.47. The Hall–Kier alpha value is -2.06. The molecule has 0 aliphatic carbocycles. The molecule has 0 radical (unpaired) electrons. The lowest BCUT2D eigenvalue weighted by atomic mass is 10.0. The first kappa shape index (κ1) is 26.2. The average molecular weight is 570 g/mol. The fourth-order valence-electron chi connectivity index (χ4n) is 2.84. The molecule has 0 bridgehead atoms. The second-order valence-corrected chi connectivity index (χ2v) is 9.40. The number of halogens is 2. The molecule has 2 amide bonds. The van der Waals surface area contributed by atoms with Crippen LogP contribution >= 0.6 is 31.9 Å². The maximum absolute atomic E-state index is 12.3. The molecule has 0 saturated heterocycles. The van der Waals surface area contributed by atoms with Crippen molar-refractivity contribution in [3.05, 3.63) is 56.5 Å². The van der Waals surface area contributed by atoms with Crippen LogP contribution in [-0.4, -0.2) is 25.0 Å². The highest BCUT2D eigenvalue weighted by Crippen LogP contribution is 2.29. The molecule has 0 aromatic heterocycles. The SMILES string of the molecule is CCCCCCOc1ccc(C(=O)NNC(=O)COc2ccc(C(C)C)cc2Br)cc1Br. The number of amides is 2. The number of benzene rings is 2. The number of hydrazine groups is 1. The van der Waals surface area contributed by atoms with Crippen LogP contribution in [0.3, 0.4) is 0 Å². The third-order valence-corrected chi connectivity index (χ3v) is 5.99. The Morgan fingerprint density at radius 3 is 2.25 bits per heavy atom. The van der Waals surface area contributed by atoms with Crippen LogP contribution in [0, 0.1) is 0 Å². The molecule has 2 N–H and O–H groups in total. The zero-order chi connectivity index (χ0) is 23.5. The van der Waals surface area contributed by atoms with Gasteiger partial charge in [0.1, 0.15) is 11.5 Å². The molecular weight excluding hydrogens is 540 g/mol. The molecule has 8 heteroatoms. The molecule has 6 nitrogen and oxygen atoms in total. The van der Waals surface area contributed by atoms with E-state index in [-0.39, 0.29) is 6.61 Å². The van der Waals surface area contributed by atoms with E-state index >= 15 is 0 Å². The van der Waals surface area contributed by atoms with Gasteiger partial charge >= 0.3 is 0 Å². The van der Waals surface area contributed by atoms with Crippen molar-refractivity contribution in [3.8, 4) is 11.5 Å². The number of nitrogens with one attached hydrogen (secondary N) is 2. The monoisotopic (exact) mass is 568 g/mol. The van der Waals surface area contributed by atoms with E-state index < -0.39 is 11.8 Å². The lowest BCUT2D eigenvalue weighted by molar-refractivity contribution is -0.123. The predicted octanol–water partition coefficient (Wildman–Crippen LogP) is 6.13. The Morgan fingerprint density at radius 1 is 0.906 bits per heavy atom. The van der Waals surface area contributed by atoms with Crippen LogP contribution in [0.2, 0.25) is 0 Å². The second kappa shape index (κ2) is 13.5. The molecular formula is C24H30Br2N2O4.